The number of guanidine groups is 1. The number of halogens is 2. The molecule has 170 valence electrons. The molecule has 7 nitrogen and oxygen atoms in total. The van der Waals surface area contributed by atoms with E-state index in [1.54, 1.807) is 19.2 Å². The number of carbonyl (C=O) groups excluding carboxylic acids is 1. The molecule has 2 atom stereocenters. The highest BCUT2D eigenvalue weighted by Gasteiger charge is 2.28. The standard InChI is InChI=1S/C21H33FN4O3.HI/c1-15-13-26(14-18(28-15)16-7-9-17(22)10-8-16)19(23-5)24-11-6-12-25-20(27)29-21(2,3)4;/h7-10,15,18H,6,11-14H2,1-5H3,(H,23,24)(H,25,27);1H. The van der Waals surface area contributed by atoms with Crippen molar-refractivity contribution in [3.63, 3.8) is 0 Å². The van der Waals surface area contributed by atoms with Gasteiger partial charge < -0.3 is 25.0 Å². The molecule has 0 aliphatic carbocycles. The first-order valence-corrected chi connectivity index (χ1v) is 10.0. The van der Waals surface area contributed by atoms with E-state index in [0.29, 0.717) is 26.2 Å². The lowest BCUT2D eigenvalue weighted by atomic mass is 10.1. The van der Waals surface area contributed by atoms with Gasteiger partial charge in [-0.25, -0.2) is 9.18 Å². The first-order chi connectivity index (χ1) is 13.7. The zero-order valence-corrected chi connectivity index (χ0v) is 20.7. The summed E-state index contributed by atoms with van der Waals surface area (Å²) in [6, 6.07) is 6.42. The summed E-state index contributed by atoms with van der Waals surface area (Å²) < 4.78 is 24.5. The molecule has 0 aromatic heterocycles. The van der Waals surface area contributed by atoms with Crippen molar-refractivity contribution < 1.29 is 18.7 Å². The summed E-state index contributed by atoms with van der Waals surface area (Å²) in [7, 11) is 1.74. The van der Waals surface area contributed by atoms with Gasteiger partial charge in [-0.3, -0.25) is 4.99 Å². The van der Waals surface area contributed by atoms with Gasteiger partial charge >= 0.3 is 6.09 Å². The highest BCUT2D eigenvalue weighted by atomic mass is 127. The van der Waals surface area contributed by atoms with Crippen LogP contribution >= 0.6 is 24.0 Å². The minimum atomic E-state index is -0.502. The van der Waals surface area contributed by atoms with Crippen molar-refractivity contribution in [3.8, 4) is 0 Å². The van der Waals surface area contributed by atoms with Gasteiger partial charge in [0, 0.05) is 26.7 Å². The Morgan fingerprint density at radius 2 is 1.87 bits per heavy atom. The molecule has 30 heavy (non-hydrogen) atoms. The maximum Gasteiger partial charge on any atom is 0.407 e. The zero-order valence-electron chi connectivity index (χ0n) is 18.4. The molecule has 1 amide bonds. The molecule has 0 spiro atoms. The molecule has 0 saturated carbocycles. The van der Waals surface area contributed by atoms with E-state index < -0.39 is 11.7 Å². The molecule has 9 heteroatoms. The smallest absolute Gasteiger partial charge is 0.407 e. The Morgan fingerprint density at radius 1 is 1.23 bits per heavy atom. The Bertz CT molecular complexity index is 694. The number of amides is 1. The van der Waals surface area contributed by atoms with Crippen molar-refractivity contribution in [2.45, 2.75) is 51.9 Å². The number of nitrogens with one attached hydrogen (secondary N) is 2. The number of hydrogen-bond acceptors (Lipinski definition) is 4. The van der Waals surface area contributed by atoms with Gasteiger partial charge in [-0.1, -0.05) is 12.1 Å². The van der Waals surface area contributed by atoms with Gasteiger partial charge in [0.25, 0.3) is 0 Å². The van der Waals surface area contributed by atoms with Crippen molar-refractivity contribution in [2.75, 3.05) is 33.2 Å². The first-order valence-electron chi connectivity index (χ1n) is 10.0. The maximum atomic E-state index is 13.2. The van der Waals surface area contributed by atoms with Crippen molar-refractivity contribution in [2.24, 2.45) is 4.99 Å². The lowest BCUT2D eigenvalue weighted by Crippen LogP contribution is -2.51. The van der Waals surface area contributed by atoms with Gasteiger partial charge in [0.1, 0.15) is 17.5 Å². The summed E-state index contributed by atoms with van der Waals surface area (Å²) in [4.78, 5) is 18.2. The Balaban J connectivity index is 0.00000450. The molecule has 1 aromatic carbocycles. The fourth-order valence-corrected chi connectivity index (χ4v) is 3.11. The van der Waals surface area contributed by atoms with E-state index >= 15 is 0 Å². The van der Waals surface area contributed by atoms with Crippen molar-refractivity contribution in [1.82, 2.24) is 15.5 Å². The van der Waals surface area contributed by atoms with Gasteiger partial charge in [-0.15, -0.1) is 24.0 Å². The van der Waals surface area contributed by atoms with Crippen molar-refractivity contribution in [3.05, 3.63) is 35.6 Å². The molecule has 2 unspecified atom stereocenters. The van der Waals surface area contributed by atoms with Gasteiger partial charge in [0.2, 0.25) is 0 Å². The summed E-state index contributed by atoms with van der Waals surface area (Å²) in [5.41, 5.74) is 0.443. The number of hydrogen-bond donors (Lipinski definition) is 2. The quantitative estimate of drug-likeness (QED) is 0.260. The monoisotopic (exact) mass is 536 g/mol. The van der Waals surface area contributed by atoms with Crippen molar-refractivity contribution in [1.29, 1.82) is 0 Å². The number of rotatable bonds is 5. The number of carbonyl (C=O) groups is 1. The second-order valence-corrected chi connectivity index (χ2v) is 8.15. The third-order valence-electron chi connectivity index (χ3n) is 4.32. The van der Waals surface area contributed by atoms with E-state index in [4.69, 9.17) is 9.47 Å². The average molecular weight is 536 g/mol. The first kappa shape index (κ1) is 26.4. The Morgan fingerprint density at radius 3 is 2.47 bits per heavy atom. The van der Waals surface area contributed by atoms with E-state index in [1.807, 2.05) is 27.7 Å². The number of benzene rings is 1. The summed E-state index contributed by atoms with van der Waals surface area (Å²) in [6.07, 6.45) is 0.198. The summed E-state index contributed by atoms with van der Waals surface area (Å²) in [5.74, 6) is 0.525. The van der Waals surface area contributed by atoms with Crippen LogP contribution in [0.1, 0.15) is 45.8 Å². The molecule has 1 heterocycles. The highest BCUT2D eigenvalue weighted by Crippen LogP contribution is 2.25. The minimum absolute atomic E-state index is 0. The van der Waals surface area contributed by atoms with Crippen molar-refractivity contribution >= 4 is 36.0 Å². The van der Waals surface area contributed by atoms with Gasteiger partial charge in [0.15, 0.2) is 5.96 Å². The minimum Gasteiger partial charge on any atom is -0.444 e. The Kier molecular flexibility index (Phi) is 10.8. The third-order valence-corrected chi connectivity index (χ3v) is 4.32. The molecular formula is C21H34FIN4O3. The summed E-state index contributed by atoms with van der Waals surface area (Å²) >= 11 is 0. The zero-order chi connectivity index (χ0) is 21.4. The van der Waals surface area contributed by atoms with E-state index in [0.717, 1.165) is 17.9 Å². The van der Waals surface area contributed by atoms with E-state index in [1.165, 1.54) is 12.1 Å². The van der Waals surface area contributed by atoms with Gasteiger partial charge in [-0.2, -0.15) is 0 Å². The average Bonchev–Trinajstić information content (AvgIpc) is 2.63. The van der Waals surface area contributed by atoms with Crippen LogP contribution in [0.25, 0.3) is 0 Å². The number of morpholine rings is 1. The largest absolute Gasteiger partial charge is 0.444 e. The SMILES string of the molecule is CN=C(NCCCNC(=O)OC(C)(C)C)N1CC(C)OC(c2ccc(F)cc2)C1.I. The normalized spacial score (nSPS) is 19.7. The number of nitrogens with zero attached hydrogens (tertiary/aromatic N) is 2. The van der Waals surface area contributed by atoms with Crippen LogP contribution in [-0.4, -0.2) is 61.9 Å². The number of alkyl carbamates (subject to hydrolysis) is 1. The fraction of sp³-hybridized carbons (Fsp3) is 0.619. The van der Waals surface area contributed by atoms with Crippen LogP contribution in [0.4, 0.5) is 9.18 Å². The predicted molar refractivity (Wildman–Crippen MR) is 127 cm³/mol. The molecule has 2 N–H and O–H groups in total. The Hall–Kier alpha value is -1.62. The van der Waals surface area contributed by atoms with Crippen LogP contribution in [-0.2, 0) is 9.47 Å². The molecule has 1 saturated heterocycles. The number of ether oxygens (including phenoxy) is 2. The van der Waals surface area contributed by atoms with Crippen LogP contribution < -0.4 is 10.6 Å². The third kappa shape index (κ3) is 9.03. The van der Waals surface area contributed by atoms with Crippen LogP contribution in [0.5, 0.6) is 0 Å². The lowest BCUT2D eigenvalue weighted by molar-refractivity contribution is -0.0605. The fourth-order valence-electron chi connectivity index (χ4n) is 3.11. The number of aliphatic imine (C=N–C) groups is 1. The van der Waals surface area contributed by atoms with Crippen LogP contribution in [0.2, 0.25) is 0 Å². The second-order valence-electron chi connectivity index (χ2n) is 8.15. The molecule has 1 aliphatic heterocycles. The topological polar surface area (TPSA) is 75.2 Å². The van der Waals surface area contributed by atoms with Crippen LogP contribution in [0, 0.1) is 5.82 Å². The lowest BCUT2D eigenvalue weighted by Gasteiger charge is -2.38. The highest BCUT2D eigenvalue weighted by molar-refractivity contribution is 14.0. The van der Waals surface area contributed by atoms with Crippen LogP contribution in [0.15, 0.2) is 29.3 Å². The molecule has 1 aliphatic rings. The van der Waals surface area contributed by atoms with Gasteiger partial charge in [-0.05, 0) is 51.8 Å². The molecular weight excluding hydrogens is 502 g/mol. The molecule has 0 radical (unpaired) electrons. The Labute approximate surface area is 195 Å². The van der Waals surface area contributed by atoms with Crippen LogP contribution in [0.3, 0.4) is 0 Å². The molecule has 0 bridgehead atoms. The summed E-state index contributed by atoms with van der Waals surface area (Å²) in [5, 5.41) is 6.08. The second kappa shape index (κ2) is 12.3. The predicted octanol–water partition coefficient (Wildman–Crippen LogP) is 3.70. The van der Waals surface area contributed by atoms with E-state index in [2.05, 4.69) is 20.5 Å². The molecule has 1 fully saturated rings. The molecule has 2 rings (SSSR count). The van der Waals surface area contributed by atoms with E-state index in [9.17, 15) is 9.18 Å². The molecule has 1 aromatic rings. The van der Waals surface area contributed by atoms with Gasteiger partial charge in [0.05, 0.1) is 12.6 Å². The van der Waals surface area contributed by atoms with E-state index in [-0.39, 0.29) is 42.0 Å². The maximum absolute atomic E-state index is 13.2. The summed E-state index contributed by atoms with van der Waals surface area (Å²) in [6.45, 7) is 10.0.